The third-order valence-corrected chi connectivity index (χ3v) is 7.01. The summed E-state index contributed by atoms with van der Waals surface area (Å²) >= 11 is 1.22. The van der Waals surface area contributed by atoms with Crippen LogP contribution in [-0.2, 0) is 16.2 Å². The minimum atomic E-state index is -0.829. The highest BCUT2D eigenvalue weighted by Gasteiger charge is 2.48. The van der Waals surface area contributed by atoms with Crippen molar-refractivity contribution in [2.45, 2.75) is 33.4 Å². The maximum Gasteiger partial charge on any atom is 0.301 e. The Labute approximate surface area is 218 Å². The van der Waals surface area contributed by atoms with Gasteiger partial charge in [0.2, 0.25) is 5.13 Å². The Morgan fingerprint density at radius 2 is 1.68 bits per heavy atom. The Morgan fingerprint density at radius 1 is 0.946 bits per heavy atom. The lowest BCUT2D eigenvalue weighted by Crippen LogP contribution is -2.29. The molecule has 1 fully saturated rings. The van der Waals surface area contributed by atoms with Gasteiger partial charge in [0.15, 0.2) is 0 Å². The summed E-state index contributed by atoms with van der Waals surface area (Å²) < 4.78 is 5.88. The lowest BCUT2D eigenvalue weighted by molar-refractivity contribution is -0.132. The van der Waals surface area contributed by atoms with E-state index in [1.807, 2.05) is 56.3 Å². The second-order valence-electron chi connectivity index (χ2n) is 8.99. The van der Waals surface area contributed by atoms with Gasteiger partial charge in [-0.25, -0.2) is 0 Å². The zero-order valence-electron chi connectivity index (χ0n) is 20.6. The summed E-state index contributed by atoms with van der Waals surface area (Å²) in [5, 5.41) is 20.4. The molecule has 5 rings (SSSR count). The van der Waals surface area contributed by atoms with Gasteiger partial charge < -0.3 is 9.84 Å². The fraction of sp³-hybridized carbons (Fsp3) is 0.172. The van der Waals surface area contributed by atoms with Gasteiger partial charge in [0.1, 0.15) is 23.1 Å². The lowest BCUT2D eigenvalue weighted by Gasteiger charge is -2.22. The van der Waals surface area contributed by atoms with E-state index >= 15 is 0 Å². The summed E-state index contributed by atoms with van der Waals surface area (Å²) in [6.07, 6.45) is 0. The molecule has 186 valence electrons. The number of ether oxygens (including phenoxy) is 1. The minimum Gasteiger partial charge on any atom is -0.507 e. The number of hydrogen-bond donors (Lipinski definition) is 1. The Hall–Kier alpha value is -4.30. The van der Waals surface area contributed by atoms with E-state index in [0.717, 1.165) is 16.7 Å². The first-order valence-electron chi connectivity index (χ1n) is 11.8. The van der Waals surface area contributed by atoms with E-state index in [0.29, 0.717) is 33.6 Å². The van der Waals surface area contributed by atoms with Crippen LogP contribution in [0.25, 0.3) is 5.76 Å². The number of hydrogen-bond acceptors (Lipinski definition) is 7. The second kappa shape index (κ2) is 9.99. The van der Waals surface area contributed by atoms with Crippen LogP contribution in [0.15, 0.2) is 78.4 Å². The summed E-state index contributed by atoms with van der Waals surface area (Å²) in [6.45, 7) is 6.17. The summed E-state index contributed by atoms with van der Waals surface area (Å²) in [4.78, 5) is 27.7. The highest BCUT2D eigenvalue weighted by Crippen LogP contribution is 2.43. The topological polar surface area (TPSA) is 92.6 Å². The van der Waals surface area contributed by atoms with Crippen LogP contribution in [0.3, 0.4) is 0 Å². The summed E-state index contributed by atoms with van der Waals surface area (Å²) in [5.74, 6) is -1.15. The van der Waals surface area contributed by atoms with E-state index in [4.69, 9.17) is 4.74 Å². The second-order valence-corrected chi connectivity index (χ2v) is 10.1. The van der Waals surface area contributed by atoms with Crippen LogP contribution in [0.1, 0.15) is 38.9 Å². The number of Topliss-reactive ketones (excluding diaryl/α,β-unsaturated/α-hetero) is 1. The van der Waals surface area contributed by atoms with Gasteiger partial charge in [-0.1, -0.05) is 71.0 Å². The molecule has 3 aromatic carbocycles. The number of amides is 1. The smallest absolute Gasteiger partial charge is 0.301 e. The van der Waals surface area contributed by atoms with E-state index in [1.165, 1.54) is 16.2 Å². The molecular formula is C29H25N3O4S. The van der Waals surface area contributed by atoms with E-state index in [-0.39, 0.29) is 11.3 Å². The van der Waals surface area contributed by atoms with Crippen LogP contribution >= 0.6 is 11.3 Å². The molecule has 0 radical (unpaired) electrons. The van der Waals surface area contributed by atoms with Gasteiger partial charge in [0.25, 0.3) is 5.78 Å². The van der Waals surface area contributed by atoms with E-state index in [1.54, 1.807) is 31.2 Å². The van der Waals surface area contributed by atoms with Crippen molar-refractivity contribution in [3.05, 3.63) is 111 Å². The number of aryl methyl sites for hydroxylation is 3. The van der Waals surface area contributed by atoms with Crippen molar-refractivity contribution in [2.75, 3.05) is 4.90 Å². The standard InChI is InChI=1S/C29H25N3O4S/c1-17-7-9-21(10-8-17)25-24(27(34)28(35)32(25)29-31-30-19(3)37-29)26(33)22-11-13-23(14-12-22)36-16-20-6-4-5-18(2)15-20/h4-15,25,33H,16H2,1-3H3/b26-24+/t25-/m1/s1. The number of carbonyl (C=O) groups excluding carboxylic acids is 2. The molecule has 0 spiro atoms. The van der Waals surface area contributed by atoms with Crippen LogP contribution in [-0.4, -0.2) is 27.0 Å². The summed E-state index contributed by atoms with van der Waals surface area (Å²) in [6, 6.07) is 21.6. The maximum absolute atomic E-state index is 13.2. The molecular weight excluding hydrogens is 486 g/mol. The van der Waals surface area contributed by atoms with Crippen molar-refractivity contribution in [2.24, 2.45) is 0 Å². The largest absolute Gasteiger partial charge is 0.507 e. The molecule has 0 bridgehead atoms. The average molecular weight is 512 g/mol. The number of nitrogens with zero attached hydrogens (tertiary/aromatic N) is 3. The highest BCUT2D eigenvalue weighted by molar-refractivity contribution is 7.15. The van der Waals surface area contributed by atoms with Crippen LogP contribution in [0, 0.1) is 20.8 Å². The number of anilines is 1. The molecule has 1 atom stereocenters. The molecule has 4 aromatic rings. The van der Waals surface area contributed by atoms with Gasteiger partial charge in [-0.05, 0) is 56.2 Å². The first-order chi connectivity index (χ1) is 17.8. The van der Waals surface area contributed by atoms with Gasteiger partial charge >= 0.3 is 5.91 Å². The fourth-order valence-corrected chi connectivity index (χ4v) is 5.02. The molecule has 1 aliphatic rings. The maximum atomic E-state index is 13.2. The molecule has 37 heavy (non-hydrogen) atoms. The Morgan fingerprint density at radius 3 is 2.32 bits per heavy atom. The molecule has 7 nitrogen and oxygen atoms in total. The predicted octanol–water partition coefficient (Wildman–Crippen LogP) is 5.67. The number of rotatable bonds is 6. The van der Waals surface area contributed by atoms with Gasteiger partial charge in [-0.15, -0.1) is 10.2 Å². The first kappa shape index (κ1) is 24.4. The zero-order valence-corrected chi connectivity index (χ0v) is 21.5. The molecule has 1 aliphatic heterocycles. The van der Waals surface area contributed by atoms with Crippen LogP contribution < -0.4 is 9.64 Å². The van der Waals surface area contributed by atoms with Crippen LogP contribution in [0.2, 0.25) is 0 Å². The van der Waals surface area contributed by atoms with Crippen molar-refractivity contribution >= 4 is 33.9 Å². The molecule has 8 heteroatoms. The number of aromatic nitrogens is 2. The van der Waals surface area contributed by atoms with Gasteiger partial charge in [-0.3, -0.25) is 14.5 Å². The monoisotopic (exact) mass is 511 g/mol. The molecule has 0 aliphatic carbocycles. The van der Waals surface area contributed by atoms with Gasteiger partial charge in [0.05, 0.1) is 11.6 Å². The van der Waals surface area contributed by atoms with Crippen molar-refractivity contribution in [1.29, 1.82) is 0 Å². The lowest BCUT2D eigenvalue weighted by atomic mass is 9.95. The molecule has 1 saturated heterocycles. The van der Waals surface area contributed by atoms with Crippen molar-refractivity contribution in [3.63, 3.8) is 0 Å². The third kappa shape index (κ3) is 4.88. The van der Waals surface area contributed by atoms with Gasteiger partial charge in [-0.2, -0.15) is 0 Å². The summed E-state index contributed by atoms with van der Waals surface area (Å²) in [7, 11) is 0. The van der Waals surface area contributed by atoms with Gasteiger partial charge in [0, 0.05) is 5.56 Å². The van der Waals surface area contributed by atoms with Crippen LogP contribution in [0.5, 0.6) is 5.75 Å². The van der Waals surface area contributed by atoms with E-state index in [9.17, 15) is 14.7 Å². The molecule has 0 saturated carbocycles. The number of aliphatic hydroxyl groups is 1. The SMILES string of the molecule is Cc1ccc([C@@H]2/C(=C(\O)c3ccc(OCc4cccc(C)c4)cc3)C(=O)C(=O)N2c2nnc(C)s2)cc1. The quantitative estimate of drug-likeness (QED) is 0.204. The number of aliphatic hydroxyl groups excluding tert-OH is 1. The van der Waals surface area contributed by atoms with E-state index in [2.05, 4.69) is 16.3 Å². The molecule has 1 aromatic heterocycles. The number of carbonyl (C=O) groups is 2. The third-order valence-electron chi connectivity index (χ3n) is 6.17. The molecule has 1 N–H and O–H groups in total. The Kier molecular flexibility index (Phi) is 6.58. The molecule has 2 heterocycles. The van der Waals surface area contributed by atoms with Crippen LogP contribution in [0.4, 0.5) is 5.13 Å². The normalized spacial score (nSPS) is 16.8. The highest BCUT2D eigenvalue weighted by atomic mass is 32.1. The molecule has 0 unspecified atom stereocenters. The van der Waals surface area contributed by atoms with Crippen molar-refractivity contribution < 1.29 is 19.4 Å². The zero-order chi connectivity index (χ0) is 26.1. The predicted molar refractivity (Wildman–Crippen MR) is 143 cm³/mol. The fourth-order valence-electron chi connectivity index (χ4n) is 4.31. The van der Waals surface area contributed by atoms with E-state index < -0.39 is 17.7 Å². The van der Waals surface area contributed by atoms with Crippen molar-refractivity contribution in [3.8, 4) is 5.75 Å². The first-order valence-corrected chi connectivity index (χ1v) is 12.6. The Bertz CT molecular complexity index is 1510. The number of ketones is 1. The summed E-state index contributed by atoms with van der Waals surface area (Å²) in [5.41, 5.74) is 4.36. The van der Waals surface area contributed by atoms with Crippen molar-refractivity contribution in [1.82, 2.24) is 10.2 Å². The average Bonchev–Trinajstić information content (AvgIpc) is 3.43. The minimum absolute atomic E-state index is 0.00938. The Balaban J connectivity index is 1.50. The molecule has 1 amide bonds. The number of benzene rings is 3.